The molecule has 1 amide bonds. The van der Waals surface area contributed by atoms with E-state index < -0.39 is 5.25 Å². The maximum absolute atomic E-state index is 13.5. The number of hydrogen-bond acceptors (Lipinski definition) is 4. The zero-order valence-corrected chi connectivity index (χ0v) is 20.9. The highest BCUT2D eigenvalue weighted by Crippen LogP contribution is 2.30. The summed E-state index contributed by atoms with van der Waals surface area (Å²) in [6.45, 7) is 10.1. The van der Waals surface area contributed by atoms with E-state index in [-0.39, 0.29) is 17.4 Å². The highest BCUT2D eigenvalue weighted by molar-refractivity contribution is 8.00. The number of aryl methyl sites for hydroxylation is 2. The Morgan fingerprint density at radius 1 is 0.941 bits per heavy atom. The summed E-state index contributed by atoms with van der Waals surface area (Å²) in [5.74, 6) is 0.158. The lowest BCUT2D eigenvalue weighted by Gasteiger charge is -2.19. The second-order valence-electron chi connectivity index (χ2n) is 8.83. The highest BCUT2D eigenvalue weighted by atomic mass is 32.2. The zero-order chi connectivity index (χ0) is 24.4. The molecule has 0 aliphatic carbocycles. The van der Waals surface area contributed by atoms with Crippen LogP contribution in [0.5, 0.6) is 0 Å². The molecule has 1 N–H and O–H groups in total. The smallest absolute Gasteiger partial charge is 0.266 e. The van der Waals surface area contributed by atoms with Gasteiger partial charge in [-0.1, -0.05) is 73.6 Å². The van der Waals surface area contributed by atoms with Gasteiger partial charge in [-0.15, -0.1) is 0 Å². The zero-order valence-electron chi connectivity index (χ0n) is 20.1. The molecule has 174 valence electrons. The molecular weight excluding hydrogens is 442 g/mol. The lowest BCUT2D eigenvalue weighted by molar-refractivity contribution is -0.115. The van der Waals surface area contributed by atoms with Crippen LogP contribution >= 0.6 is 11.8 Å². The molecule has 1 atom stereocenters. The quantitative estimate of drug-likeness (QED) is 0.267. The minimum Gasteiger partial charge on any atom is -0.325 e. The number of fused-ring (bicyclic) bond motifs is 1. The van der Waals surface area contributed by atoms with Crippen molar-refractivity contribution in [2.45, 2.75) is 50.9 Å². The fourth-order valence-electron chi connectivity index (χ4n) is 3.89. The first-order valence-corrected chi connectivity index (χ1v) is 12.3. The van der Waals surface area contributed by atoms with Crippen LogP contribution in [0.3, 0.4) is 0 Å². The Hall–Kier alpha value is -3.38. The van der Waals surface area contributed by atoms with Crippen molar-refractivity contribution in [1.82, 2.24) is 9.55 Å². The van der Waals surface area contributed by atoms with Gasteiger partial charge in [0.2, 0.25) is 5.91 Å². The van der Waals surface area contributed by atoms with Gasteiger partial charge in [0.1, 0.15) is 0 Å². The molecule has 6 heteroatoms. The van der Waals surface area contributed by atoms with Crippen LogP contribution in [0.2, 0.25) is 0 Å². The maximum Gasteiger partial charge on any atom is 0.266 e. The predicted molar refractivity (Wildman–Crippen MR) is 141 cm³/mol. The standard InChI is InChI=1S/C28H29N3O2S/c1-17(2)22-11-8-9-19(4)25(22)30-26(32)20(5)34-28-29-24-12-7-6-10-23(24)27(33)31(28)21-15-13-18(3)14-16-21/h6-17,20H,1-5H3,(H,30,32). The number of aromatic nitrogens is 2. The Labute approximate surface area is 204 Å². The molecule has 0 radical (unpaired) electrons. The molecule has 1 heterocycles. The Kier molecular flexibility index (Phi) is 6.89. The summed E-state index contributed by atoms with van der Waals surface area (Å²) >= 11 is 1.29. The molecule has 34 heavy (non-hydrogen) atoms. The van der Waals surface area contributed by atoms with Crippen LogP contribution in [-0.2, 0) is 4.79 Å². The van der Waals surface area contributed by atoms with Gasteiger partial charge in [0.05, 0.1) is 21.8 Å². The first-order valence-electron chi connectivity index (χ1n) is 11.4. The lowest BCUT2D eigenvalue weighted by atomic mass is 9.98. The molecule has 0 saturated carbocycles. The topological polar surface area (TPSA) is 64.0 Å². The molecule has 4 rings (SSSR count). The Balaban J connectivity index is 1.72. The molecule has 0 spiro atoms. The van der Waals surface area contributed by atoms with E-state index in [9.17, 15) is 9.59 Å². The number of anilines is 1. The molecular formula is C28H29N3O2S. The van der Waals surface area contributed by atoms with Crippen LogP contribution < -0.4 is 10.9 Å². The molecule has 5 nitrogen and oxygen atoms in total. The molecule has 3 aromatic carbocycles. The molecule has 4 aromatic rings. The number of amides is 1. The number of hydrogen-bond donors (Lipinski definition) is 1. The van der Waals surface area contributed by atoms with Gasteiger partial charge in [-0.2, -0.15) is 0 Å². The predicted octanol–water partition coefficient (Wildman–Crippen LogP) is 6.25. The van der Waals surface area contributed by atoms with Crippen LogP contribution in [0.1, 0.15) is 43.4 Å². The number of rotatable bonds is 6. The fraction of sp³-hybridized carbons (Fsp3) is 0.250. The summed E-state index contributed by atoms with van der Waals surface area (Å²) in [7, 11) is 0. The molecule has 0 saturated heterocycles. The summed E-state index contributed by atoms with van der Waals surface area (Å²) in [6.07, 6.45) is 0. The van der Waals surface area contributed by atoms with E-state index >= 15 is 0 Å². The highest BCUT2D eigenvalue weighted by Gasteiger charge is 2.22. The van der Waals surface area contributed by atoms with E-state index in [0.717, 1.165) is 28.1 Å². The van der Waals surface area contributed by atoms with E-state index in [0.29, 0.717) is 16.1 Å². The maximum atomic E-state index is 13.5. The van der Waals surface area contributed by atoms with Crippen molar-refractivity contribution in [2.24, 2.45) is 0 Å². The Morgan fingerprint density at radius 3 is 2.35 bits per heavy atom. The fourth-order valence-corrected chi connectivity index (χ4v) is 4.82. The van der Waals surface area contributed by atoms with Crippen LogP contribution in [-0.4, -0.2) is 20.7 Å². The second kappa shape index (κ2) is 9.85. The van der Waals surface area contributed by atoms with Crippen LogP contribution in [0.25, 0.3) is 16.6 Å². The van der Waals surface area contributed by atoms with Crippen molar-refractivity contribution in [1.29, 1.82) is 0 Å². The first-order chi connectivity index (χ1) is 16.3. The number of thioether (sulfide) groups is 1. The van der Waals surface area contributed by atoms with Crippen molar-refractivity contribution in [3.05, 3.63) is 93.8 Å². The average molecular weight is 472 g/mol. The summed E-state index contributed by atoms with van der Waals surface area (Å²) in [4.78, 5) is 31.5. The molecule has 0 aliphatic heterocycles. The SMILES string of the molecule is Cc1ccc(-n2c(SC(C)C(=O)Nc3c(C)cccc3C(C)C)nc3ccccc3c2=O)cc1. The van der Waals surface area contributed by atoms with E-state index in [1.165, 1.54) is 11.8 Å². The van der Waals surface area contributed by atoms with Gasteiger partial charge in [-0.25, -0.2) is 4.98 Å². The molecule has 0 aliphatic rings. The summed E-state index contributed by atoms with van der Waals surface area (Å²) in [6, 6.07) is 21.1. The van der Waals surface area contributed by atoms with Gasteiger partial charge in [0.25, 0.3) is 5.56 Å². The monoisotopic (exact) mass is 471 g/mol. The number of nitrogens with one attached hydrogen (secondary N) is 1. The van der Waals surface area contributed by atoms with Gasteiger partial charge in [-0.3, -0.25) is 14.2 Å². The van der Waals surface area contributed by atoms with Gasteiger partial charge in [0, 0.05) is 5.69 Å². The number of carbonyl (C=O) groups excluding carboxylic acids is 1. The Morgan fingerprint density at radius 2 is 1.65 bits per heavy atom. The van der Waals surface area contributed by atoms with Gasteiger partial charge in [0.15, 0.2) is 5.16 Å². The molecule has 0 fully saturated rings. The largest absolute Gasteiger partial charge is 0.325 e. The van der Waals surface area contributed by atoms with Crippen LogP contribution in [0.15, 0.2) is 76.7 Å². The van der Waals surface area contributed by atoms with Gasteiger partial charge >= 0.3 is 0 Å². The summed E-state index contributed by atoms with van der Waals surface area (Å²) < 4.78 is 1.60. The average Bonchev–Trinajstić information content (AvgIpc) is 2.81. The van der Waals surface area contributed by atoms with E-state index in [1.807, 2.05) is 81.4 Å². The number of benzene rings is 3. The lowest BCUT2D eigenvalue weighted by Crippen LogP contribution is -2.27. The minimum absolute atomic E-state index is 0.126. The van der Waals surface area contributed by atoms with E-state index in [4.69, 9.17) is 4.98 Å². The van der Waals surface area contributed by atoms with Crippen molar-refractivity contribution >= 4 is 34.3 Å². The van der Waals surface area contributed by atoms with Gasteiger partial charge in [-0.05, 0) is 62.1 Å². The van der Waals surface area contributed by atoms with Crippen molar-refractivity contribution in [3.8, 4) is 5.69 Å². The van der Waals surface area contributed by atoms with Gasteiger partial charge < -0.3 is 5.32 Å². The normalized spacial score (nSPS) is 12.2. The first kappa shape index (κ1) is 23.8. The third-order valence-electron chi connectivity index (χ3n) is 5.86. The van der Waals surface area contributed by atoms with E-state index in [1.54, 1.807) is 10.6 Å². The third-order valence-corrected chi connectivity index (χ3v) is 6.92. The van der Waals surface area contributed by atoms with Crippen LogP contribution in [0.4, 0.5) is 5.69 Å². The van der Waals surface area contributed by atoms with E-state index in [2.05, 4.69) is 19.2 Å². The molecule has 1 unspecified atom stereocenters. The second-order valence-corrected chi connectivity index (χ2v) is 10.1. The molecule has 1 aromatic heterocycles. The van der Waals surface area contributed by atoms with Crippen molar-refractivity contribution in [2.75, 3.05) is 5.32 Å². The summed E-state index contributed by atoms with van der Waals surface area (Å²) in [5.41, 5.74) is 5.29. The van der Waals surface area contributed by atoms with Crippen molar-refractivity contribution < 1.29 is 4.79 Å². The van der Waals surface area contributed by atoms with Crippen LogP contribution in [0, 0.1) is 13.8 Å². The van der Waals surface area contributed by atoms with Crippen molar-refractivity contribution in [3.63, 3.8) is 0 Å². The summed E-state index contributed by atoms with van der Waals surface area (Å²) in [5, 5.41) is 3.69. The minimum atomic E-state index is -0.468. The Bertz CT molecular complexity index is 1410. The third kappa shape index (κ3) is 4.77. The number of carbonyl (C=O) groups is 1. The number of para-hydroxylation sites is 2. The molecule has 0 bridgehead atoms. The number of nitrogens with zero attached hydrogens (tertiary/aromatic N) is 2.